The highest BCUT2D eigenvalue weighted by Crippen LogP contribution is 2.21. The lowest BCUT2D eigenvalue weighted by atomic mass is 10.0. The van der Waals surface area contributed by atoms with Gasteiger partial charge in [-0.2, -0.15) is 0 Å². The van der Waals surface area contributed by atoms with Crippen LogP contribution in [0.4, 0.5) is 11.6 Å². The van der Waals surface area contributed by atoms with E-state index in [-0.39, 0.29) is 0 Å². The maximum absolute atomic E-state index is 4.50. The Hall–Kier alpha value is -1.32. The maximum atomic E-state index is 4.50. The molecule has 0 spiro atoms. The molecule has 1 unspecified atom stereocenters. The van der Waals surface area contributed by atoms with Gasteiger partial charge in [-0.05, 0) is 33.1 Å². The molecule has 1 aromatic rings. The van der Waals surface area contributed by atoms with Gasteiger partial charge in [-0.15, -0.1) is 0 Å². The first kappa shape index (κ1) is 15.7. The fourth-order valence-electron chi connectivity index (χ4n) is 2.15. The average Bonchev–Trinajstić information content (AvgIpc) is 2.32. The van der Waals surface area contributed by atoms with Crippen molar-refractivity contribution >= 4 is 11.6 Å². The SMILES string of the molecule is CNc1nc(C)nc(NC(C)CCCC(C)C)c1C. The van der Waals surface area contributed by atoms with Crippen molar-refractivity contribution < 1.29 is 0 Å². The Kier molecular flexibility index (Phi) is 6.06. The standard InChI is InChI=1S/C15H28N4/c1-10(2)8-7-9-11(3)17-15-12(4)14(16-6)18-13(5)19-15/h10-11H,7-9H2,1-6H3,(H2,16,17,18,19). The quantitative estimate of drug-likeness (QED) is 0.787. The second kappa shape index (κ2) is 7.31. The summed E-state index contributed by atoms with van der Waals surface area (Å²) >= 11 is 0. The van der Waals surface area contributed by atoms with E-state index in [1.165, 1.54) is 19.3 Å². The van der Waals surface area contributed by atoms with Crippen molar-refractivity contribution in [3.63, 3.8) is 0 Å². The van der Waals surface area contributed by atoms with Crippen molar-refractivity contribution in [2.45, 2.75) is 59.9 Å². The van der Waals surface area contributed by atoms with Crippen molar-refractivity contribution in [1.29, 1.82) is 0 Å². The predicted octanol–water partition coefficient (Wildman–Crippen LogP) is 3.76. The maximum Gasteiger partial charge on any atom is 0.134 e. The molecule has 0 bridgehead atoms. The van der Waals surface area contributed by atoms with E-state index >= 15 is 0 Å². The third-order valence-corrected chi connectivity index (χ3v) is 3.30. The zero-order valence-electron chi connectivity index (χ0n) is 13.2. The van der Waals surface area contributed by atoms with Crippen LogP contribution in [0.5, 0.6) is 0 Å². The largest absolute Gasteiger partial charge is 0.373 e. The molecule has 0 saturated carbocycles. The fourth-order valence-corrected chi connectivity index (χ4v) is 2.15. The normalized spacial score (nSPS) is 12.6. The predicted molar refractivity (Wildman–Crippen MR) is 82.8 cm³/mol. The molecule has 2 N–H and O–H groups in total. The van der Waals surface area contributed by atoms with Gasteiger partial charge in [0.05, 0.1) is 0 Å². The summed E-state index contributed by atoms with van der Waals surface area (Å²) in [4.78, 5) is 8.88. The van der Waals surface area contributed by atoms with Gasteiger partial charge in [0.25, 0.3) is 0 Å². The van der Waals surface area contributed by atoms with E-state index < -0.39 is 0 Å². The second-order valence-corrected chi connectivity index (χ2v) is 5.71. The third-order valence-electron chi connectivity index (χ3n) is 3.30. The molecule has 0 aliphatic carbocycles. The molecule has 0 aliphatic rings. The topological polar surface area (TPSA) is 49.8 Å². The fraction of sp³-hybridized carbons (Fsp3) is 0.733. The number of hydrogen-bond donors (Lipinski definition) is 2. The van der Waals surface area contributed by atoms with Gasteiger partial charge in [-0.25, -0.2) is 9.97 Å². The van der Waals surface area contributed by atoms with Crippen molar-refractivity contribution in [2.24, 2.45) is 5.92 Å². The molecule has 0 radical (unpaired) electrons. The summed E-state index contributed by atoms with van der Waals surface area (Å²) in [7, 11) is 1.89. The number of aromatic nitrogens is 2. The van der Waals surface area contributed by atoms with Crippen LogP contribution in [-0.2, 0) is 0 Å². The molecule has 1 heterocycles. The van der Waals surface area contributed by atoms with Gasteiger partial charge < -0.3 is 10.6 Å². The van der Waals surface area contributed by atoms with Crippen LogP contribution in [-0.4, -0.2) is 23.1 Å². The van der Waals surface area contributed by atoms with Crippen LogP contribution in [0.1, 0.15) is 51.4 Å². The molecule has 0 saturated heterocycles. The first-order valence-electron chi connectivity index (χ1n) is 7.23. The lowest BCUT2D eigenvalue weighted by molar-refractivity contribution is 0.520. The summed E-state index contributed by atoms with van der Waals surface area (Å²) in [5.41, 5.74) is 1.09. The smallest absolute Gasteiger partial charge is 0.134 e. The van der Waals surface area contributed by atoms with Crippen LogP contribution >= 0.6 is 0 Å². The summed E-state index contributed by atoms with van der Waals surface area (Å²) in [6.07, 6.45) is 3.72. The highest BCUT2D eigenvalue weighted by Gasteiger charge is 2.10. The molecule has 1 rings (SSSR count). The molecular weight excluding hydrogens is 236 g/mol. The molecule has 0 aromatic carbocycles. The van der Waals surface area contributed by atoms with E-state index in [1.807, 2.05) is 14.0 Å². The number of hydrogen-bond acceptors (Lipinski definition) is 4. The molecule has 0 amide bonds. The van der Waals surface area contributed by atoms with Gasteiger partial charge in [0.2, 0.25) is 0 Å². The minimum atomic E-state index is 0.441. The summed E-state index contributed by atoms with van der Waals surface area (Å²) in [5.74, 6) is 3.44. The van der Waals surface area contributed by atoms with Crippen molar-refractivity contribution in [2.75, 3.05) is 17.7 Å². The van der Waals surface area contributed by atoms with Crippen molar-refractivity contribution in [3.8, 4) is 0 Å². The number of aryl methyl sites for hydroxylation is 1. The van der Waals surface area contributed by atoms with E-state index in [9.17, 15) is 0 Å². The Bertz CT molecular complexity index is 401. The number of rotatable bonds is 7. The van der Waals surface area contributed by atoms with E-state index in [0.29, 0.717) is 6.04 Å². The Labute approximate surface area is 117 Å². The molecule has 4 heteroatoms. The molecular formula is C15H28N4. The van der Waals surface area contributed by atoms with Crippen molar-refractivity contribution in [1.82, 2.24) is 9.97 Å². The zero-order valence-corrected chi connectivity index (χ0v) is 13.2. The molecule has 1 aromatic heterocycles. The Morgan fingerprint density at radius 3 is 2.21 bits per heavy atom. The van der Waals surface area contributed by atoms with Crippen LogP contribution in [0.3, 0.4) is 0 Å². The van der Waals surface area contributed by atoms with Crippen molar-refractivity contribution in [3.05, 3.63) is 11.4 Å². The van der Waals surface area contributed by atoms with E-state index in [0.717, 1.165) is 28.9 Å². The van der Waals surface area contributed by atoms with Gasteiger partial charge >= 0.3 is 0 Å². The number of anilines is 2. The minimum Gasteiger partial charge on any atom is -0.373 e. The number of nitrogens with zero attached hydrogens (tertiary/aromatic N) is 2. The van der Waals surface area contributed by atoms with Crippen LogP contribution in [0.25, 0.3) is 0 Å². The average molecular weight is 264 g/mol. The van der Waals surface area contributed by atoms with E-state index in [2.05, 4.69) is 48.3 Å². The third kappa shape index (κ3) is 5.05. The Balaban J connectivity index is 2.63. The van der Waals surface area contributed by atoms with Crippen LogP contribution in [0.2, 0.25) is 0 Å². The molecule has 0 aliphatic heterocycles. The monoisotopic (exact) mass is 264 g/mol. The molecule has 0 fully saturated rings. The molecule has 4 nitrogen and oxygen atoms in total. The lowest BCUT2D eigenvalue weighted by Crippen LogP contribution is -2.18. The highest BCUT2D eigenvalue weighted by molar-refractivity contribution is 5.57. The molecule has 19 heavy (non-hydrogen) atoms. The first-order valence-corrected chi connectivity index (χ1v) is 7.23. The Morgan fingerprint density at radius 2 is 1.63 bits per heavy atom. The summed E-state index contributed by atoms with van der Waals surface area (Å²) < 4.78 is 0. The minimum absolute atomic E-state index is 0.441. The van der Waals surface area contributed by atoms with Gasteiger partial charge in [-0.1, -0.05) is 26.7 Å². The lowest BCUT2D eigenvalue weighted by Gasteiger charge is -2.18. The zero-order chi connectivity index (χ0) is 14.4. The first-order chi connectivity index (χ1) is 8.93. The highest BCUT2D eigenvalue weighted by atomic mass is 15.1. The summed E-state index contributed by atoms with van der Waals surface area (Å²) in [6.45, 7) is 10.7. The second-order valence-electron chi connectivity index (χ2n) is 5.71. The van der Waals surface area contributed by atoms with Crippen LogP contribution in [0, 0.1) is 19.8 Å². The van der Waals surface area contributed by atoms with Crippen LogP contribution in [0.15, 0.2) is 0 Å². The Morgan fingerprint density at radius 1 is 1.00 bits per heavy atom. The number of nitrogens with one attached hydrogen (secondary N) is 2. The van der Waals surface area contributed by atoms with E-state index in [4.69, 9.17) is 0 Å². The molecule has 108 valence electrons. The van der Waals surface area contributed by atoms with Crippen LogP contribution < -0.4 is 10.6 Å². The van der Waals surface area contributed by atoms with Gasteiger partial charge in [-0.3, -0.25) is 0 Å². The van der Waals surface area contributed by atoms with E-state index in [1.54, 1.807) is 0 Å². The summed E-state index contributed by atoms with van der Waals surface area (Å²) in [5, 5.41) is 6.63. The van der Waals surface area contributed by atoms with Gasteiger partial charge in [0.15, 0.2) is 0 Å². The summed E-state index contributed by atoms with van der Waals surface area (Å²) in [6, 6.07) is 0.441. The van der Waals surface area contributed by atoms with Gasteiger partial charge in [0.1, 0.15) is 17.5 Å². The van der Waals surface area contributed by atoms with Gasteiger partial charge in [0, 0.05) is 18.7 Å². The molecule has 1 atom stereocenters.